The highest BCUT2D eigenvalue weighted by atomic mass is 16.2. The standard InChI is InChI=1S/C27H34N4O2/c1-3-29-16-22(25(32)21-10-9-17(2)28-26(21)29)27(33)31-12-6-7-18-13-19-14-20(24(18)31)15-30-11-5-4-8-23(19)30/h9-10,13,16,19-20,23-24H,3-8,11-12,14-15H2,1-2H3/t19?,20?,23-,24-/m1/s1. The van der Waals surface area contributed by atoms with E-state index in [1.54, 1.807) is 6.20 Å². The summed E-state index contributed by atoms with van der Waals surface area (Å²) in [6, 6.07) is 4.53. The van der Waals surface area contributed by atoms with Gasteiger partial charge in [0.25, 0.3) is 5.91 Å². The molecule has 3 saturated heterocycles. The molecule has 6 nitrogen and oxygen atoms in total. The monoisotopic (exact) mass is 446 g/mol. The van der Waals surface area contributed by atoms with Crippen LogP contribution in [-0.2, 0) is 6.54 Å². The highest BCUT2D eigenvalue weighted by Gasteiger charge is 2.47. The SMILES string of the molecule is CCn1cc(C(=O)N2CCCC3=CC4CC(CN5CCCC[C@H]45)[C@@H]32)c(=O)c2ccc(C)nc21. The van der Waals surface area contributed by atoms with Gasteiger partial charge in [0.2, 0.25) is 5.43 Å². The van der Waals surface area contributed by atoms with E-state index in [1.165, 1.54) is 37.8 Å². The van der Waals surface area contributed by atoms with Crippen molar-refractivity contribution in [3.05, 3.63) is 51.5 Å². The second kappa shape index (κ2) is 8.08. The lowest BCUT2D eigenvalue weighted by atomic mass is 9.68. The Balaban J connectivity index is 1.39. The van der Waals surface area contributed by atoms with E-state index in [-0.39, 0.29) is 17.4 Å². The molecule has 0 saturated carbocycles. The van der Waals surface area contributed by atoms with Gasteiger partial charge in [0, 0.05) is 37.6 Å². The number of piperidine rings is 3. The van der Waals surface area contributed by atoms with E-state index >= 15 is 0 Å². The summed E-state index contributed by atoms with van der Waals surface area (Å²) in [5, 5.41) is 0.540. The Morgan fingerprint density at radius 2 is 2.06 bits per heavy atom. The van der Waals surface area contributed by atoms with Crippen molar-refractivity contribution in [2.45, 2.75) is 71.0 Å². The lowest BCUT2D eigenvalue weighted by molar-refractivity contribution is 0.00142. The normalized spacial score (nSPS) is 29.4. The van der Waals surface area contributed by atoms with Crippen molar-refractivity contribution in [3.63, 3.8) is 0 Å². The molecule has 1 amide bonds. The fourth-order valence-electron chi connectivity index (χ4n) is 7.11. The number of fused-ring (bicyclic) bond motifs is 7. The number of amides is 1. The first-order chi connectivity index (χ1) is 16.0. The van der Waals surface area contributed by atoms with Gasteiger partial charge in [-0.1, -0.05) is 18.1 Å². The van der Waals surface area contributed by atoms with Crippen LogP contribution in [0.15, 0.2) is 34.8 Å². The van der Waals surface area contributed by atoms with Crippen LogP contribution in [0.1, 0.15) is 61.5 Å². The molecule has 5 heterocycles. The third-order valence-corrected chi connectivity index (χ3v) is 8.55. The third kappa shape index (κ3) is 3.37. The summed E-state index contributed by atoms with van der Waals surface area (Å²) in [6.45, 7) is 7.65. The molecule has 2 bridgehead atoms. The van der Waals surface area contributed by atoms with Crippen molar-refractivity contribution >= 4 is 16.9 Å². The number of carbonyl (C=O) groups excluding carboxylic acids is 1. The van der Waals surface area contributed by atoms with E-state index < -0.39 is 0 Å². The van der Waals surface area contributed by atoms with Crippen molar-refractivity contribution in [1.82, 2.24) is 19.4 Å². The van der Waals surface area contributed by atoms with Crippen LogP contribution in [0.5, 0.6) is 0 Å². The Labute approximate surface area is 195 Å². The minimum atomic E-state index is -0.184. The van der Waals surface area contributed by atoms with Gasteiger partial charge in [-0.3, -0.25) is 14.5 Å². The number of likely N-dealkylation sites (tertiary alicyclic amines) is 1. The summed E-state index contributed by atoms with van der Waals surface area (Å²) >= 11 is 0. The van der Waals surface area contributed by atoms with Crippen LogP contribution in [-0.4, -0.2) is 57.0 Å². The van der Waals surface area contributed by atoms with Crippen molar-refractivity contribution in [3.8, 4) is 0 Å². The fraction of sp³-hybridized carbons (Fsp3) is 0.593. The quantitative estimate of drug-likeness (QED) is 0.659. The van der Waals surface area contributed by atoms with Gasteiger partial charge in [0.05, 0.1) is 11.4 Å². The van der Waals surface area contributed by atoms with Crippen LogP contribution < -0.4 is 5.43 Å². The largest absolute Gasteiger partial charge is 0.332 e. The molecular formula is C27H34N4O2. The molecule has 2 aromatic heterocycles. The molecule has 3 fully saturated rings. The first kappa shape index (κ1) is 21.1. The molecule has 174 valence electrons. The average Bonchev–Trinajstić information content (AvgIpc) is 2.83. The molecule has 4 atom stereocenters. The van der Waals surface area contributed by atoms with E-state index in [4.69, 9.17) is 0 Å². The van der Waals surface area contributed by atoms with Gasteiger partial charge in [0.1, 0.15) is 11.2 Å². The summed E-state index contributed by atoms with van der Waals surface area (Å²) in [5.41, 5.74) is 3.11. The topological polar surface area (TPSA) is 58.4 Å². The van der Waals surface area contributed by atoms with E-state index in [2.05, 4.69) is 16.0 Å². The molecule has 0 aromatic carbocycles. The zero-order chi connectivity index (χ0) is 22.7. The molecule has 6 heteroatoms. The van der Waals surface area contributed by atoms with E-state index in [9.17, 15) is 9.59 Å². The van der Waals surface area contributed by atoms with Gasteiger partial charge in [-0.05, 0) is 76.5 Å². The smallest absolute Gasteiger partial charge is 0.259 e. The minimum Gasteiger partial charge on any atom is -0.332 e. The van der Waals surface area contributed by atoms with Crippen LogP contribution in [0.4, 0.5) is 0 Å². The predicted octanol–water partition coefficient (Wildman–Crippen LogP) is 3.76. The molecule has 2 aromatic rings. The molecule has 2 unspecified atom stereocenters. The van der Waals surface area contributed by atoms with Crippen molar-refractivity contribution in [1.29, 1.82) is 0 Å². The van der Waals surface area contributed by atoms with E-state index in [0.717, 1.165) is 31.6 Å². The minimum absolute atomic E-state index is 0.0977. The number of aromatic nitrogens is 2. The van der Waals surface area contributed by atoms with Gasteiger partial charge in [-0.15, -0.1) is 0 Å². The number of nitrogens with zero attached hydrogens (tertiary/aromatic N) is 4. The third-order valence-electron chi connectivity index (χ3n) is 8.55. The first-order valence-electron chi connectivity index (χ1n) is 12.8. The van der Waals surface area contributed by atoms with Gasteiger partial charge in [-0.2, -0.15) is 0 Å². The predicted molar refractivity (Wildman–Crippen MR) is 129 cm³/mol. The molecule has 1 aliphatic carbocycles. The number of carbonyl (C=O) groups is 1. The Kier molecular flexibility index (Phi) is 5.17. The molecule has 0 radical (unpaired) electrons. The molecule has 0 spiro atoms. The van der Waals surface area contributed by atoms with Crippen LogP contribution >= 0.6 is 0 Å². The number of rotatable bonds is 2. The van der Waals surface area contributed by atoms with Crippen LogP contribution in [0.2, 0.25) is 0 Å². The summed E-state index contributed by atoms with van der Waals surface area (Å²) in [7, 11) is 0. The fourth-order valence-corrected chi connectivity index (χ4v) is 7.11. The zero-order valence-corrected chi connectivity index (χ0v) is 19.8. The maximum absolute atomic E-state index is 13.9. The van der Waals surface area contributed by atoms with Gasteiger partial charge in [-0.25, -0.2) is 4.98 Å². The van der Waals surface area contributed by atoms with E-state index in [0.29, 0.717) is 41.0 Å². The molecule has 6 rings (SSSR count). The number of pyridine rings is 2. The molecule has 3 aliphatic heterocycles. The van der Waals surface area contributed by atoms with Gasteiger partial charge >= 0.3 is 0 Å². The Bertz CT molecular complexity index is 1200. The van der Waals surface area contributed by atoms with Crippen LogP contribution in [0.3, 0.4) is 0 Å². The van der Waals surface area contributed by atoms with Crippen molar-refractivity contribution < 1.29 is 4.79 Å². The van der Waals surface area contributed by atoms with Crippen LogP contribution in [0, 0.1) is 18.8 Å². The van der Waals surface area contributed by atoms with Crippen LogP contribution in [0.25, 0.3) is 11.0 Å². The Hall–Kier alpha value is -2.47. The number of aryl methyl sites for hydroxylation is 2. The summed E-state index contributed by atoms with van der Waals surface area (Å²) in [4.78, 5) is 36.7. The Morgan fingerprint density at radius 3 is 2.91 bits per heavy atom. The molecule has 33 heavy (non-hydrogen) atoms. The zero-order valence-electron chi connectivity index (χ0n) is 19.8. The lowest BCUT2D eigenvalue weighted by Crippen LogP contribution is -2.60. The summed E-state index contributed by atoms with van der Waals surface area (Å²) < 4.78 is 1.95. The average molecular weight is 447 g/mol. The van der Waals surface area contributed by atoms with E-state index in [1.807, 2.05) is 35.4 Å². The second-order valence-corrected chi connectivity index (χ2v) is 10.5. The van der Waals surface area contributed by atoms with Crippen molar-refractivity contribution in [2.24, 2.45) is 11.8 Å². The summed E-state index contributed by atoms with van der Waals surface area (Å²) in [5.74, 6) is 1.02. The molecule has 4 aliphatic rings. The second-order valence-electron chi connectivity index (χ2n) is 10.5. The van der Waals surface area contributed by atoms with Crippen molar-refractivity contribution in [2.75, 3.05) is 19.6 Å². The van der Waals surface area contributed by atoms with Gasteiger partial charge < -0.3 is 9.47 Å². The number of hydrogen-bond acceptors (Lipinski definition) is 4. The highest BCUT2D eigenvalue weighted by Crippen LogP contribution is 2.45. The molecular weight excluding hydrogens is 412 g/mol. The highest BCUT2D eigenvalue weighted by molar-refractivity contribution is 5.97. The molecule has 0 N–H and O–H groups in total. The summed E-state index contributed by atoms with van der Waals surface area (Å²) in [6.07, 6.45) is 11.5. The Morgan fingerprint density at radius 1 is 1.18 bits per heavy atom. The van der Waals surface area contributed by atoms with Gasteiger partial charge in [0.15, 0.2) is 0 Å². The maximum atomic E-state index is 13.9. The maximum Gasteiger partial charge on any atom is 0.259 e. The lowest BCUT2D eigenvalue weighted by Gasteiger charge is -2.54. The number of hydrogen-bond donors (Lipinski definition) is 0. The first-order valence-corrected chi connectivity index (χ1v) is 12.8.